The van der Waals surface area contributed by atoms with Crippen molar-refractivity contribution in [1.29, 1.82) is 0 Å². The Morgan fingerprint density at radius 1 is 1.60 bits per heavy atom. The van der Waals surface area contributed by atoms with Crippen LogP contribution in [0.2, 0.25) is 0 Å². The van der Waals surface area contributed by atoms with E-state index in [4.69, 9.17) is 10.7 Å². The third-order valence-electron chi connectivity index (χ3n) is 3.25. The molecular formula is C12H21N3. The predicted octanol–water partition coefficient (Wildman–Crippen LogP) is 2.23. The molecule has 84 valence electrons. The second-order valence-electron chi connectivity index (χ2n) is 4.77. The summed E-state index contributed by atoms with van der Waals surface area (Å²) in [7, 11) is 0. The molecule has 0 saturated heterocycles. The molecule has 1 unspecified atom stereocenters. The molecule has 15 heavy (non-hydrogen) atoms. The first-order valence-electron chi connectivity index (χ1n) is 6.00. The highest BCUT2D eigenvalue weighted by molar-refractivity contribution is 5.11. The van der Waals surface area contributed by atoms with Crippen molar-refractivity contribution in [3.8, 4) is 0 Å². The summed E-state index contributed by atoms with van der Waals surface area (Å²) < 4.78 is 2.37. The fourth-order valence-corrected chi connectivity index (χ4v) is 2.34. The highest BCUT2D eigenvalue weighted by atomic mass is 15.1. The third-order valence-corrected chi connectivity index (χ3v) is 3.25. The van der Waals surface area contributed by atoms with Crippen LogP contribution in [-0.4, -0.2) is 16.1 Å². The van der Waals surface area contributed by atoms with E-state index in [1.54, 1.807) is 0 Å². The summed E-state index contributed by atoms with van der Waals surface area (Å²) in [6.07, 6.45) is 6.98. The molecule has 2 heterocycles. The molecule has 1 aromatic rings. The average molecular weight is 207 g/mol. The van der Waals surface area contributed by atoms with Gasteiger partial charge in [-0.25, -0.2) is 4.98 Å². The van der Waals surface area contributed by atoms with Gasteiger partial charge in [0.15, 0.2) is 0 Å². The fraction of sp³-hybridized carbons (Fsp3) is 0.750. The number of aromatic nitrogens is 2. The third kappa shape index (κ3) is 2.07. The summed E-state index contributed by atoms with van der Waals surface area (Å²) in [4.78, 5) is 4.70. The quantitative estimate of drug-likeness (QED) is 0.826. The van der Waals surface area contributed by atoms with Crippen LogP contribution < -0.4 is 5.73 Å². The second kappa shape index (κ2) is 4.35. The van der Waals surface area contributed by atoms with Gasteiger partial charge in [-0.15, -0.1) is 0 Å². The number of hydrogen-bond donors (Lipinski definition) is 1. The van der Waals surface area contributed by atoms with Gasteiger partial charge < -0.3 is 10.3 Å². The van der Waals surface area contributed by atoms with E-state index in [0.717, 1.165) is 19.4 Å². The topological polar surface area (TPSA) is 43.8 Å². The molecule has 3 heteroatoms. The van der Waals surface area contributed by atoms with E-state index in [1.165, 1.54) is 24.4 Å². The number of nitrogens with zero attached hydrogens (tertiary/aromatic N) is 2. The summed E-state index contributed by atoms with van der Waals surface area (Å²) in [6, 6.07) is 0.596. The zero-order chi connectivity index (χ0) is 10.8. The molecule has 0 spiro atoms. The van der Waals surface area contributed by atoms with Gasteiger partial charge in [-0.1, -0.05) is 13.8 Å². The average Bonchev–Trinajstić information content (AvgIpc) is 2.63. The Kier molecular flexibility index (Phi) is 3.10. The van der Waals surface area contributed by atoms with E-state index >= 15 is 0 Å². The van der Waals surface area contributed by atoms with Gasteiger partial charge in [-0.3, -0.25) is 0 Å². The minimum Gasteiger partial charge on any atom is -0.332 e. The first kappa shape index (κ1) is 10.7. The number of aryl methyl sites for hydroxylation is 1. The van der Waals surface area contributed by atoms with Crippen molar-refractivity contribution >= 4 is 0 Å². The van der Waals surface area contributed by atoms with Gasteiger partial charge in [0.25, 0.3) is 0 Å². The van der Waals surface area contributed by atoms with E-state index < -0.39 is 0 Å². The lowest BCUT2D eigenvalue weighted by Gasteiger charge is -2.24. The molecule has 1 atom stereocenters. The zero-order valence-corrected chi connectivity index (χ0v) is 9.74. The van der Waals surface area contributed by atoms with Crippen LogP contribution in [0.4, 0.5) is 0 Å². The minimum absolute atomic E-state index is 0.529. The van der Waals surface area contributed by atoms with Crippen LogP contribution in [0.15, 0.2) is 6.20 Å². The van der Waals surface area contributed by atoms with Crippen LogP contribution in [-0.2, 0) is 6.42 Å². The number of imidazole rings is 1. The van der Waals surface area contributed by atoms with E-state index in [1.807, 2.05) is 0 Å². The Labute approximate surface area is 91.7 Å². The van der Waals surface area contributed by atoms with Crippen molar-refractivity contribution in [1.82, 2.24) is 9.55 Å². The number of nitrogens with two attached hydrogens (primary N) is 1. The van der Waals surface area contributed by atoms with Crippen LogP contribution in [0.25, 0.3) is 0 Å². The summed E-state index contributed by atoms with van der Waals surface area (Å²) in [5, 5.41) is 0. The number of hydrogen-bond acceptors (Lipinski definition) is 2. The van der Waals surface area contributed by atoms with Gasteiger partial charge in [0.2, 0.25) is 0 Å². The van der Waals surface area contributed by atoms with Crippen LogP contribution >= 0.6 is 0 Å². The maximum atomic E-state index is 5.65. The standard InChI is InChI=1S/C12H21N3/c1-9(2)11-8-15-10(6-7-13)4-3-5-12(15)14-11/h8-10H,3-7,13H2,1-2H3. The lowest BCUT2D eigenvalue weighted by molar-refractivity contribution is 0.379. The van der Waals surface area contributed by atoms with Crippen molar-refractivity contribution in [2.45, 2.75) is 51.5 Å². The van der Waals surface area contributed by atoms with Gasteiger partial charge in [-0.05, 0) is 31.7 Å². The van der Waals surface area contributed by atoms with E-state index in [2.05, 4.69) is 24.6 Å². The molecule has 2 N–H and O–H groups in total. The number of rotatable bonds is 3. The molecule has 0 aromatic carbocycles. The summed E-state index contributed by atoms with van der Waals surface area (Å²) in [5.74, 6) is 1.80. The van der Waals surface area contributed by atoms with Gasteiger partial charge >= 0.3 is 0 Å². The van der Waals surface area contributed by atoms with Crippen molar-refractivity contribution in [2.75, 3.05) is 6.54 Å². The molecule has 0 bridgehead atoms. The molecule has 1 aromatic heterocycles. The van der Waals surface area contributed by atoms with E-state index in [9.17, 15) is 0 Å². The number of fused-ring (bicyclic) bond motifs is 1. The van der Waals surface area contributed by atoms with Gasteiger partial charge in [0, 0.05) is 18.7 Å². The summed E-state index contributed by atoms with van der Waals surface area (Å²) in [6.45, 7) is 5.18. The SMILES string of the molecule is CC(C)c1cn2c(n1)CCCC2CCN. The summed E-state index contributed by atoms with van der Waals surface area (Å²) in [5.41, 5.74) is 6.88. The van der Waals surface area contributed by atoms with E-state index in [-0.39, 0.29) is 0 Å². The van der Waals surface area contributed by atoms with Crippen LogP contribution in [0.1, 0.15) is 56.6 Å². The maximum Gasteiger partial charge on any atom is 0.109 e. The minimum atomic E-state index is 0.529. The van der Waals surface area contributed by atoms with Gasteiger partial charge in [-0.2, -0.15) is 0 Å². The Hall–Kier alpha value is -0.830. The van der Waals surface area contributed by atoms with Crippen molar-refractivity contribution < 1.29 is 0 Å². The van der Waals surface area contributed by atoms with Crippen LogP contribution in [0.5, 0.6) is 0 Å². The molecule has 0 fully saturated rings. The first-order chi connectivity index (χ1) is 7.22. The molecule has 1 aliphatic rings. The molecule has 1 aliphatic heterocycles. The highest BCUT2D eigenvalue weighted by Gasteiger charge is 2.21. The Bertz CT molecular complexity index is 328. The molecule has 0 saturated carbocycles. The predicted molar refractivity (Wildman–Crippen MR) is 62.0 cm³/mol. The first-order valence-corrected chi connectivity index (χ1v) is 6.00. The highest BCUT2D eigenvalue weighted by Crippen LogP contribution is 2.28. The Balaban J connectivity index is 2.26. The monoisotopic (exact) mass is 207 g/mol. The largest absolute Gasteiger partial charge is 0.332 e. The Morgan fingerprint density at radius 3 is 3.07 bits per heavy atom. The molecule has 0 aliphatic carbocycles. The lowest BCUT2D eigenvalue weighted by Crippen LogP contribution is -2.20. The fourth-order valence-electron chi connectivity index (χ4n) is 2.34. The molecule has 3 nitrogen and oxygen atoms in total. The molecule has 2 rings (SSSR count). The van der Waals surface area contributed by atoms with E-state index in [0.29, 0.717) is 12.0 Å². The normalized spacial score (nSPS) is 20.7. The molecule has 0 radical (unpaired) electrons. The van der Waals surface area contributed by atoms with Crippen molar-refractivity contribution in [3.63, 3.8) is 0 Å². The van der Waals surface area contributed by atoms with Crippen LogP contribution in [0.3, 0.4) is 0 Å². The van der Waals surface area contributed by atoms with Gasteiger partial charge in [0.1, 0.15) is 5.82 Å². The van der Waals surface area contributed by atoms with Crippen molar-refractivity contribution in [2.24, 2.45) is 5.73 Å². The van der Waals surface area contributed by atoms with Crippen molar-refractivity contribution in [3.05, 3.63) is 17.7 Å². The maximum absolute atomic E-state index is 5.65. The second-order valence-corrected chi connectivity index (χ2v) is 4.77. The zero-order valence-electron chi connectivity index (χ0n) is 9.74. The Morgan fingerprint density at radius 2 is 2.40 bits per heavy atom. The smallest absolute Gasteiger partial charge is 0.109 e. The lowest BCUT2D eigenvalue weighted by atomic mass is 10.0. The molecule has 0 amide bonds. The van der Waals surface area contributed by atoms with Crippen LogP contribution in [0, 0.1) is 0 Å². The summed E-state index contributed by atoms with van der Waals surface area (Å²) >= 11 is 0. The van der Waals surface area contributed by atoms with Gasteiger partial charge in [0.05, 0.1) is 5.69 Å². The molecular weight excluding hydrogens is 186 g/mol.